The number of aryl methyl sites for hydroxylation is 2. The van der Waals surface area contributed by atoms with Crippen molar-refractivity contribution in [2.45, 2.75) is 26.2 Å². The Labute approximate surface area is 155 Å². The van der Waals surface area contributed by atoms with Crippen LogP contribution in [0.25, 0.3) is 0 Å². The van der Waals surface area contributed by atoms with Gasteiger partial charge in [-0.15, -0.1) is 11.8 Å². The monoisotopic (exact) mass is 381 g/mol. The number of carbonyl (C=O) groups excluding carboxylic acids is 1. The molecule has 0 bridgehead atoms. The maximum Gasteiger partial charge on any atom is 0.387 e. The first-order valence-corrected chi connectivity index (χ1v) is 9.11. The minimum Gasteiger partial charge on any atom is -0.493 e. The van der Waals surface area contributed by atoms with E-state index in [9.17, 15) is 13.6 Å². The highest BCUT2D eigenvalue weighted by atomic mass is 32.2. The van der Waals surface area contributed by atoms with E-state index in [1.165, 1.54) is 30.5 Å². The average Bonchev–Trinajstić information content (AvgIpc) is 2.59. The van der Waals surface area contributed by atoms with Gasteiger partial charge in [-0.05, 0) is 54.8 Å². The summed E-state index contributed by atoms with van der Waals surface area (Å²) in [6.45, 7) is 1.11. The average molecular weight is 381 g/mol. The number of benzene rings is 2. The van der Waals surface area contributed by atoms with Crippen LogP contribution in [0, 0.1) is 13.8 Å². The number of hydrogen-bond acceptors (Lipinski definition) is 4. The van der Waals surface area contributed by atoms with E-state index in [2.05, 4.69) is 10.1 Å². The highest BCUT2D eigenvalue weighted by Gasteiger charge is 2.11. The Bertz CT molecular complexity index is 768. The standard InChI is InChI=1S/C19H21F2NO3S/c1-12-4-6-15(8-13(12)2)22-18(23)11-26-10-14-5-7-16(25-19(20)21)17(9-14)24-3/h4-9,19H,10-11H2,1-3H3,(H,22,23). The van der Waals surface area contributed by atoms with E-state index in [1.807, 2.05) is 32.0 Å². The van der Waals surface area contributed by atoms with E-state index >= 15 is 0 Å². The van der Waals surface area contributed by atoms with Crippen molar-refractivity contribution in [1.82, 2.24) is 0 Å². The molecule has 4 nitrogen and oxygen atoms in total. The summed E-state index contributed by atoms with van der Waals surface area (Å²) in [5.41, 5.74) is 3.92. The number of anilines is 1. The Morgan fingerprint density at radius 2 is 1.88 bits per heavy atom. The molecule has 0 saturated heterocycles. The molecule has 0 saturated carbocycles. The summed E-state index contributed by atoms with van der Waals surface area (Å²) in [5, 5.41) is 2.86. The molecule has 1 N–H and O–H groups in total. The number of ether oxygens (including phenoxy) is 2. The van der Waals surface area contributed by atoms with Gasteiger partial charge >= 0.3 is 6.61 Å². The third-order valence-electron chi connectivity index (χ3n) is 3.74. The first-order chi connectivity index (χ1) is 12.4. The van der Waals surface area contributed by atoms with Crippen LogP contribution in [0.5, 0.6) is 11.5 Å². The van der Waals surface area contributed by atoms with Crippen molar-refractivity contribution >= 4 is 23.4 Å². The Hall–Kier alpha value is -2.28. The Balaban J connectivity index is 1.86. The van der Waals surface area contributed by atoms with E-state index in [1.54, 1.807) is 12.1 Å². The number of nitrogens with one attached hydrogen (secondary N) is 1. The number of thioether (sulfide) groups is 1. The van der Waals surface area contributed by atoms with Crippen LogP contribution in [0.3, 0.4) is 0 Å². The number of hydrogen-bond donors (Lipinski definition) is 1. The van der Waals surface area contributed by atoms with Gasteiger partial charge in [-0.25, -0.2) is 0 Å². The van der Waals surface area contributed by atoms with Gasteiger partial charge in [0.1, 0.15) is 0 Å². The lowest BCUT2D eigenvalue weighted by molar-refractivity contribution is -0.113. The Morgan fingerprint density at radius 1 is 1.12 bits per heavy atom. The zero-order valence-corrected chi connectivity index (χ0v) is 15.7. The quantitative estimate of drug-likeness (QED) is 0.715. The minimum absolute atomic E-state index is 0.0104. The summed E-state index contributed by atoms with van der Waals surface area (Å²) >= 11 is 1.42. The number of amides is 1. The molecule has 26 heavy (non-hydrogen) atoms. The topological polar surface area (TPSA) is 47.6 Å². The van der Waals surface area contributed by atoms with Crippen LogP contribution in [0.15, 0.2) is 36.4 Å². The zero-order valence-electron chi connectivity index (χ0n) is 14.8. The molecule has 7 heteroatoms. The number of halogens is 2. The Morgan fingerprint density at radius 3 is 2.54 bits per heavy atom. The van der Waals surface area contributed by atoms with Gasteiger partial charge in [-0.1, -0.05) is 12.1 Å². The van der Waals surface area contributed by atoms with Crippen LogP contribution in [-0.4, -0.2) is 25.4 Å². The number of methoxy groups -OCH3 is 1. The van der Waals surface area contributed by atoms with E-state index in [0.717, 1.165) is 16.8 Å². The fraction of sp³-hybridized carbons (Fsp3) is 0.316. The summed E-state index contributed by atoms with van der Waals surface area (Å²) < 4.78 is 34.1. The maximum atomic E-state index is 12.3. The zero-order chi connectivity index (χ0) is 19.1. The molecule has 2 rings (SSSR count). The van der Waals surface area contributed by atoms with Gasteiger partial charge in [-0.3, -0.25) is 4.79 Å². The van der Waals surface area contributed by atoms with Crippen LogP contribution < -0.4 is 14.8 Å². The second-order valence-electron chi connectivity index (χ2n) is 5.70. The van der Waals surface area contributed by atoms with E-state index in [0.29, 0.717) is 5.75 Å². The first-order valence-electron chi connectivity index (χ1n) is 7.95. The van der Waals surface area contributed by atoms with Crippen molar-refractivity contribution in [2.24, 2.45) is 0 Å². The minimum atomic E-state index is -2.90. The molecule has 0 aliphatic rings. The molecule has 0 aliphatic heterocycles. The summed E-state index contributed by atoms with van der Waals surface area (Å²) in [6, 6.07) is 10.5. The molecule has 0 fully saturated rings. The van der Waals surface area contributed by atoms with Crippen molar-refractivity contribution in [1.29, 1.82) is 0 Å². The van der Waals surface area contributed by atoms with Gasteiger partial charge in [0.05, 0.1) is 12.9 Å². The molecule has 140 valence electrons. The lowest BCUT2D eigenvalue weighted by atomic mass is 10.1. The molecule has 2 aromatic rings. The van der Waals surface area contributed by atoms with Crippen molar-refractivity contribution in [3.8, 4) is 11.5 Å². The summed E-state index contributed by atoms with van der Waals surface area (Å²) in [6.07, 6.45) is 0. The fourth-order valence-corrected chi connectivity index (χ4v) is 3.05. The van der Waals surface area contributed by atoms with E-state index < -0.39 is 6.61 Å². The highest BCUT2D eigenvalue weighted by Crippen LogP contribution is 2.30. The summed E-state index contributed by atoms with van der Waals surface area (Å²) in [7, 11) is 1.39. The smallest absolute Gasteiger partial charge is 0.387 e. The second kappa shape index (κ2) is 9.43. The third kappa shape index (κ3) is 5.91. The van der Waals surface area contributed by atoms with Crippen molar-refractivity contribution in [3.63, 3.8) is 0 Å². The van der Waals surface area contributed by atoms with Crippen LogP contribution >= 0.6 is 11.8 Å². The van der Waals surface area contributed by atoms with Gasteiger partial charge in [0.2, 0.25) is 5.91 Å². The molecule has 0 atom stereocenters. The maximum absolute atomic E-state index is 12.3. The molecular weight excluding hydrogens is 360 g/mol. The van der Waals surface area contributed by atoms with Gasteiger partial charge in [0.25, 0.3) is 0 Å². The van der Waals surface area contributed by atoms with Gasteiger partial charge in [0, 0.05) is 11.4 Å². The van der Waals surface area contributed by atoms with Crippen molar-refractivity contribution in [3.05, 3.63) is 53.1 Å². The molecular formula is C19H21F2NO3S. The lowest BCUT2D eigenvalue weighted by Crippen LogP contribution is -2.14. The van der Waals surface area contributed by atoms with Crippen LogP contribution in [0.2, 0.25) is 0 Å². The number of carbonyl (C=O) groups is 1. The molecule has 0 unspecified atom stereocenters. The summed E-state index contributed by atoms with van der Waals surface area (Å²) in [4.78, 5) is 12.0. The number of rotatable bonds is 8. The number of alkyl halides is 2. The Kier molecular flexibility index (Phi) is 7.26. The molecule has 2 aromatic carbocycles. The predicted molar refractivity (Wildman–Crippen MR) is 100 cm³/mol. The van der Waals surface area contributed by atoms with Gasteiger partial charge in [0.15, 0.2) is 11.5 Å². The molecule has 0 spiro atoms. The molecule has 0 radical (unpaired) electrons. The molecule has 0 heterocycles. The molecule has 0 aromatic heterocycles. The third-order valence-corrected chi connectivity index (χ3v) is 4.74. The van der Waals surface area contributed by atoms with Gasteiger partial charge < -0.3 is 14.8 Å². The second-order valence-corrected chi connectivity index (χ2v) is 6.69. The fourth-order valence-electron chi connectivity index (χ4n) is 2.27. The van der Waals surface area contributed by atoms with Crippen LogP contribution in [0.4, 0.5) is 14.5 Å². The van der Waals surface area contributed by atoms with Crippen LogP contribution in [0.1, 0.15) is 16.7 Å². The summed E-state index contributed by atoms with van der Waals surface area (Å²) in [5.74, 6) is 0.963. The van der Waals surface area contributed by atoms with Crippen molar-refractivity contribution in [2.75, 3.05) is 18.2 Å². The van der Waals surface area contributed by atoms with Gasteiger partial charge in [-0.2, -0.15) is 8.78 Å². The predicted octanol–water partition coefficient (Wildman–Crippen LogP) is 4.79. The van der Waals surface area contributed by atoms with E-state index in [-0.39, 0.29) is 23.2 Å². The lowest BCUT2D eigenvalue weighted by Gasteiger charge is -2.11. The van der Waals surface area contributed by atoms with Crippen molar-refractivity contribution < 1.29 is 23.0 Å². The largest absolute Gasteiger partial charge is 0.493 e. The first kappa shape index (κ1) is 20.0. The molecule has 1 amide bonds. The SMILES string of the molecule is COc1cc(CSCC(=O)Nc2ccc(C)c(C)c2)ccc1OC(F)F. The molecule has 0 aliphatic carbocycles. The van der Waals surface area contributed by atoms with E-state index in [4.69, 9.17) is 4.74 Å². The van der Waals surface area contributed by atoms with Crippen LogP contribution in [-0.2, 0) is 10.5 Å². The highest BCUT2D eigenvalue weighted by molar-refractivity contribution is 7.99. The normalized spacial score (nSPS) is 10.7.